The van der Waals surface area contributed by atoms with Crippen molar-refractivity contribution in [3.05, 3.63) is 0 Å². The predicted octanol–water partition coefficient (Wildman–Crippen LogP) is 8.64. The van der Waals surface area contributed by atoms with Crippen LogP contribution in [0.3, 0.4) is 0 Å². The van der Waals surface area contributed by atoms with E-state index in [1.54, 1.807) is 0 Å². The number of hydrogen-bond acceptors (Lipinski definition) is 0. The average molecular weight is 301 g/mol. The number of hydrogen-bond donors (Lipinski definition) is 0. The smallest absolute Gasteiger partial charge is 0.0471 e. The summed E-state index contributed by atoms with van der Waals surface area (Å²) in [5.41, 5.74) is 0. The van der Waals surface area contributed by atoms with Crippen molar-refractivity contribution < 1.29 is 0 Å². The van der Waals surface area contributed by atoms with Gasteiger partial charge in [0.25, 0.3) is 0 Å². The molecule has 0 atom stereocenters. The van der Waals surface area contributed by atoms with E-state index in [9.17, 15) is 0 Å². The van der Waals surface area contributed by atoms with Gasteiger partial charge in [0.15, 0.2) is 0 Å². The van der Waals surface area contributed by atoms with Crippen LogP contribution >= 0.6 is 0 Å². The van der Waals surface area contributed by atoms with E-state index in [0.29, 0.717) is 0 Å². The summed E-state index contributed by atoms with van der Waals surface area (Å²) < 4.78 is 0. The van der Waals surface area contributed by atoms with Gasteiger partial charge in [0, 0.05) is 0 Å². The topological polar surface area (TPSA) is 0 Å². The van der Waals surface area contributed by atoms with Crippen molar-refractivity contribution in [3.8, 4) is 0 Å². The molecule has 0 bridgehead atoms. The Balaban J connectivity index is -0.000000300. The van der Waals surface area contributed by atoms with Gasteiger partial charge in [-0.25, -0.2) is 0 Å². The number of unbranched alkanes of at least 4 members (excludes halogenated alkanes) is 8. The van der Waals surface area contributed by atoms with E-state index >= 15 is 0 Å². The van der Waals surface area contributed by atoms with E-state index in [2.05, 4.69) is 41.5 Å². The minimum Gasteiger partial charge on any atom is -0.0776 e. The van der Waals surface area contributed by atoms with E-state index in [1.807, 2.05) is 0 Å². The molecule has 132 valence electrons. The molecule has 0 aliphatic heterocycles. The van der Waals surface area contributed by atoms with Gasteiger partial charge in [-0.3, -0.25) is 0 Å². The molecular weight excluding hydrogens is 252 g/mol. The fraction of sp³-hybridized carbons (Fsp3) is 1.00. The van der Waals surface area contributed by atoms with E-state index in [1.165, 1.54) is 77.0 Å². The van der Waals surface area contributed by atoms with Crippen molar-refractivity contribution in [1.82, 2.24) is 0 Å². The fourth-order valence-corrected chi connectivity index (χ4v) is 2.31. The highest BCUT2D eigenvalue weighted by molar-refractivity contribution is 4.49. The zero-order valence-electron chi connectivity index (χ0n) is 15.6. The fourth-order valence-electron chi connectivity index (χ4n) is 2.31. The lowest BCUT2D eigenvalue weighted by molar-refractivity contribution is 0.486. The maximum Gasteiger partial charge on any atom is -0.0471 e. The third-order valence-electron chi connectivity index (χ3n) is 3.77. The molecule has 0 spiro atoms. The van der Waals surface area contributed by atoms with Crippen LogP contribution in [0, 0.1) is 11.8 Å². The summed E-state index contributed by atoms with van der Waals surface area (Å²) in [5, 5.41) is 0. The Bertz CT molecular complexity index is 130. The Morgan fingerprint density at radius 1 is 0.476 bits per heavy atom. The number of rotatable bonds is 12. The normalized spacial score (nSPS) is 10.3. The quantitative estimate of drug-likeness (QED) is 0.316. The summed E-state index contributed by atoms with van der Waals surface area (Å²) in [5.74, 6) is 1.79. The third-order valence-corrected chi connectivity index (χ3v) is 3.77. The summed E-state index contributed by atoms with van der Waals surface area (Å²) in [6.45, 7) is 13.8. The Morgan fingerprint density at radius 2 is 0.762 bits per heavy atom. The van der Waals surface area contributed by atoms with Gasteiger partial charge in [0.1, 0.15) is 0 Å². The maximum atomic E-state index is 2.31. The van der Waals surface area contributed by atoms with Crippen molar-refractivity contribution in [2.45, 2.75) is 126 Å². The van der Waals surface area contributed by atoms with Crippen LogP contribution in [0.5, 0.6) is 0 Å². The maximum absolute atomic E-state index is 2.31. The highest BCUT2D eigenvalue weighted by atomic mass is 14.0. The average Bonchev–Trinajstić information content (AvgIpc) is 2.38. The van der Waals surface area contributed by atoms with Crippen LogP contribution in [0.1, 0.15) is 126 Å². The van der Waals surface area contributed by atoms with Crippen molar-refractivity contribution in [2.75, 3.05) is 0 Å². The Morgan fingerprint density at radius 3 is 1.05 bits per heavy atom. The molecular formula is C21H48. The molecule has 0 heteroatoms. The molecule has 0 fully saturated rings. The molecule has 0 saturated heterocycles. The van der Waals surface area contributed by atoms with Crippen molar-refractivity contribution in [1.29, 1.82) is 0 Å². The Kier molecular flexibility index (Phi) is 27.5. The molecule has 0 amide bonds. The lowest BCUT2D eigenvalue weighted by Gasteiger charge is -2.05. The monoisotopic (exact) mass is 300 g/mol. The van der Waals surface area contributed by atoms with Gasteiger partial charge in [0.05, 0.1) is 0 Å². The first-order valence-corrected chi connectivity index (χ1v) is 9.54. The van der Waals surface area contributed by atoms with Crippen LogP contribution in [0.4, 0.5) is 0 Å². The summed E-state index contributed by atoms with van der Waals surface area (Å²) in [4.78, 5) is 0. The molecule has 0 aromatic heterocycles. The summed E-state index contributed by atoms with van der Waals surface area (Å²) >= 11 is 0. The zero-order valence-corrected chi connectivity index (χ0v) is 15.6. The molecule has 0 rings (SSSR count). The Labute approximate surface area is 138 Å². The second-order valence-corrected chi connectivity index (χ2v) is 7.19. The first kappa shape index (κ1) is 25.9. The first-order valence-electron chi connectivity index (χ1n) is 9.54. The summed E-state index contributed by atoms with van der Waals surface area (Å²) in [7, 11) is 0. The van der Waals surface area contributed by atoms with E-state index < -0.39 is 0 Å². The van der Waals surface area contributed by atoms with E-state index in [-0.39, 0.29) is 7.43 Å². The third kappa shape index (κ3) is 33.1. The highest BCUT2D eigenvalue weighted by Crippen LogP contribution is 2.12. The lowest BCUT2D eigenvalue weighted by Crippen LogP contribution is -1.89. The van der Waals surface area contributed by atoms with Crippen molar-refractivity contribution in [3.63, 3.8) is 0 Å². The van der Waals surface area contributed by atoms with Crippen LogP contribution in [0.2, 0.25) is 0 Å². The van der Waals surface area contributed by atoms with Crippen LogP contribution in [0.15, 0.2) is 0 Å². The van der Waals surface area contributed by atoms with E-state index in [4.69, 9.17) is 0 Å². The molecule has 0 aromatic carbocycles. The molecule has 0 radical (unpaired) electrons. The van der Waals surface area contributed by atoms with Gasteiger partial charge >= 0.3 is 0 Å². The molecule has 0 N–H and O–H groups in total. The van der Waals surface area contributed by atoms with Crippen molar-refractivity contribution in [2.24, 2.45) is 11.8 Å². The minimum absolute atomic E-state index is 0. The largest absolute Gasteiger partial charge is 0.0776 e. The molecule has 0 nitrogen and oxygen atoms in total. The standard InChI is InChI=1S/C11H24.C9H20.CH4/c1-10(2)8-6-5-7-9-11(3)4;1-3-5-7-9-8-6-4-2;/h10-11H,5-9H2,1-4H3;3-9H2,1-2H3;1H4. The SMILES string of the molecule is C.CC(C)CCCCCC(C)C.CCCCCCCCC. The van der Waals surface area contributed by atoms with Crippen molar-refractivity contribution >= 4 is 0 Å². The Hall–Kier alpha value is 0. The van der Waals surface area contributed by atoms with Crippen LogP contribution in [-0.2, 0) is 0 Å². The molecule has 0 saturated carbocycles. The highest BCUT2D eigenvalue weighted by Gasteiger charge is 1.96. The molecule has 0 heterocycles. The summed E-state index contributed by atoms with van der Waals surface area (Å²) in [6, 6.07) is 0. The van der Waals surface area contributed by atoms with Gasteiger partial charge < -0.3 is 0 Å². The predicted molar refractivity (Wildman–Crippen MR) is 103 cm³/mol. The second kappa shape index (κ2) is 22.3. The second-order valence-electron chi connectivity index (χ2n) is 7.19. The molecule has 21 heavy (non-hydrogen) atoms. The van der Waals surface area contributed by atoms with Gasteiger partial charge in [-0.1, -0.05) is 126 Å². The van der Waals surface area contributed by atoms with Crippen LogP contribution in [0.25, 0.3) is 0 Å². The summed E-state index contributed by atoms with van der Waals surface area (Å²) in [6.07, 6.45) is 17.1. The van der Waals surface area contributed by atoms with Gasteiger partial charge in [-0.05, 0) is 11.8 Å². The van der Waals surface area contributed by atoms with E-state index in [0.717, 1.165) is 11.8 Å². The van der Waals surface area contributed by atoms with Gasteiger partial charge in [-0.2, -0.15) is 0 Å². The van der Waals surface area contributed by atoms with Gasteiger partial charge in [0.2, 0.25) is 0 Å². The lowest BCUT2D eigenvalue weighted by atomic mass is 10.0. The molecule has 0 aliphatic rings. The zero-order chi connectivity index (χ0) is 15.6. The van der Waals surface area contributed by atoms with Gasteiger partial charge in [-0.15, -0.1) is 0 Å². The molecule has 0 aromatic rings. The minimum atomic E-state index is 0. The van der Waals surface area contributed by atoms with Crippen LogP contribution in [-0.4, -0.2) is 0 Å². The van der Waals surface area contributed by atoms with Crippen LogP contribution < -0.4 is 0 Å². The molecule has 0 unspecified atom stereocenters. The molecule has 0 aliphatic carbocycles. The first-order chi connectivity index (χ1) is 9.54.